The summed E-state index contributed by atoms with van der Waals surface area (Å²) in [6.45, 7) is 0. The van der Waals surface area contributed by atoms with Gasteiger partial charge in [0.1, 0.15) is 0 Å². The maximum absolute atomic E-state index is 12.9. The molecule has 4 atom stereocenters. The highest BCUT2D eigenvalue weighted by atomic mass is 35.5. The minimum atomic E-state index is -0.373. The van der Waals surface area contributed by atoms with Crippen LogP contribution in [0.25, 0.3) is 0 Å². The number of piperidine rings is 1. The molecular formula is C22H21ClN2O2. The normalized spacial score (nSPS) is 25.4. The molecule has 2 amide bonds. The Balaban J connectivity index is 1.73. The fraction of sp³-hybridized carbons (Fsp3) is 0.273. The van der Waals surface area contributed by atoms with E-state index < -0.39 is 0 Å². The first kappa shape index (κ1) is 17.8. The van der Waals surface area contributed by atoms with Gasteiger partial charge in [-0.15, -0.1) is 0 Å². The van der Waals surface area contributed by atoms with Gasteiger partial charge in [0.2, 0.25) is 11.8 Å². The minimum absolute atomic E-state index is 0.106. The number of amides is 2. The summed E-state index contributed by atoms with van der Waals surface area (Å²) in [5.41, 5.74) is 1.90. The lowest BCUT2D eigenvalue weighted by atomic mass is 9.69. The molecule has 1 aliphatic carbocycles. The highest BCUT2D eigenvalue weighted by Gasteiger charge is 2.46. The van der Waals surface area contributed by atoms with Crippen LogP contribution in [0.5, 0.6) is 0 Å². The molecule has 1 fully saturated rings. The van der Waals surface area contributed by atoms with Gasteiger partial charge >= 0.3 is 0 Å². The Bertz CT molecular complexity index is 864. The average molecular weight is 381 g/mol. The predicted octanol–water partition coefficient (Wildman–Crippen LogP) is 4.35. The molecule has 0 saturated carbocycles. The second-order valence-electron chi connectivity index (χ2n) is 7.11. The van der Waals surface area contributed by atoms with Crippen LogP contribution in [-0.2, 0) is 9.59 Å². The molecule has 1 saturated heterocycles. The highest BCUT2D eigenvalue weighted by molar-refractivity contribution is 6.30. The number of carbonyl (C=O) groups is 2. The van der Waals surface area contributed by atoms with E-state index in [2.05, 4.69) is 22.8 Å². The predicted molar refractivity (Wildman–Crippen MR) is 106 cm³/mol. The topological polar surface area (TPSA) is 58.2 Å². The molecule has 1 heterocycles. The fourth-order valence-electron chi connectivity index (χ4n) is 4.14. The number of hydrogen-bond donors (Lipinski definition) is 2. The summed E-state index contributed by atoms with van der Waals surface area (Å²) < 4.78 is 0. The molecule has 4 rings (SSSR count). The standard InChI is InChI=1S/C22H21ClN2O2/c23-15-10-12-16(13-11-15)24-20(14-6-2-1-3-7-14)19-17-8-4-5-9-18(17)21(26)25-22(19)27/h1-4,6-8,10-13,17-20,24H,5,9H2,(H,25,26,27)/t17-,18+,19+,20+/m0/s1. The molecule has 5 heteroatoms. The molecule has 0 unspecified atom stereocenters. The van der Waals surface area contributed by atoms with Crippen molar-refractivity contribution in [3.8, 4) is 0 Å². The van der Waals surface area contributed by atoms with Crippen LogP contribution in [-0.4, -0.2) is 11.8 Å². The van der Waals surface area contributed by atoms with Crippen molar-refractivity contribution in [2.45, 2.75) is 18.9 Å². The first-order valence-electron chi connectivity index (χ1n) is 9.22. The molecule has 4 nitrogen and oxygen atoms in total. The van der Waals surface area contributed by atoms with Crippen molar-refractivity contribution < 1.29 is 9.59 Å². The summed E-state index contributed by atoms with van der Waals surface area (Å²) >= 11 is 6.01. The van der Waals surface area contributed by atoms with Gasteiger partial charge in [0.25, 0.3) is 0 Å². The number of benzene rings is 2. The Hall–Kier alpha value is -2.59. The zero-order chi connectivity index (χ0) is 18.8. The summed E-state index contributed by atoms with van der Waals surface area (Å²) in [6, 6.07) is 17.1. The lowest BCUT2D eigenvalue weighted by Gasteiger charge is -2.41. The molecule has 27 heavy (non-hydrogen) atoms. The highest BCUT2D eigenvalue weighted by Crippen LogP contribution is 2.41. The van der Waals surface area contributed by atoms with E-state index in [1.807, 2.05) is 54.6 Å². The zero-order valence-electron chi connectivity index (χ0n) is 14.8. The van der Waals surface area contributed by atoms with Gasteiger partial charge in [-0.2, -0.15) is 0 Å². The van der Waals surface area contributed by atoms with Crippen LogP contribution in [0, 0.1) is 17.8 Å². The fourth-order valence-corrected chi connectivity index (χ4v) is 4.27. The Morgan fingerprint density at radius 1 is 1.00 bits per heavy atom. The third-order valence-corrected chi connectivity index (χ3v) is 5.70. The second kappa shape index (κ2) is 7.57. The Morgan fingerprint density at radius 3 is 2.48 bits per heavy atom. The summed E-state index contributed by atoms with van der Waals surface area (Å²) in [5.74, 6) is -1.00. The first-order valence-corrected chi connectivity index (χ1v) is 9.60. The molecule has 2 aromatic carbocycles. The molecule has 0 spiro atoms. The van der Waals surface area contributed by atoms with Gasteiger partial charge in [0.15, 0.2) is 0 Å². The molecule has 138 valence electrons. The van der Waals surface area contributed by atoms with Crippen molar-refractivity contribution in [2.24, 2.45) is 17.8 Å². The van der Waals surface area contributed by atoms with Gasteiger partial charge in [-0.25, -0.2) is 0 Å². The molecule has 2 N–H and O–H groups in total. The molecule has 2 aliphatic rings. The van der Waals surface area contributed by atoms with Gasteiger partial charge in [0, 0.05) is 22.5 Å². The smallest absolute Gasteiger partial charge is 0.232 e. The number of allylic oxidation sites excluding steroid dienone is 2. The molecular weight excluding hydrogens is 360 g/mol. The molecule has 2 aromatic rings. The van der Waals surface area contributed by atoms with Crippen molar-refractivity contribution in [2.75, 3.05) is 5.32 Å². The van der Waals surface area contributed by atoms with Gasteiger partial charge in [0.05, 0.1) is 12.0 Å². The van der Waals surface area contributed by atoms with Gasteiger partial charge < -0.3 is 5.32 Å². The number of anilines is 1. The van der Waals surface area contributed by atoms with Crippen molar-refractivity contribution in [3.63, 3.8) is 0 Å². The van der Waals surface area contributed by atoms with Gasteiger partial charge in [-0.05, 0) is 42.7 Å². The van der Waals surface area contributed by atoms with Crippen LogP contribution >= 0.6 is 11.6 Å². The number of imide groups is 1. The van der Waals surface area contributed by atoms with E-state index in [-0.39, 0.29) is 35.6 Å². The van der Waals surface area contributed by atoms with E-state index in [4.69, 9.17) is 11.6 Å². The molecule has 1 aliphatic heterocycles. The number of halogens is 1. The number of carbonyl (C=O) groups excluding carboxylic acids is 2. The van der Waals surface area contributed by atoms with Crippen LogP contribution < -0.4 is 10.6 Å². The van der Waals surface area contributed by atoms with Gasteiger partial charge in [-0.1, -0.05) is 54.1 Å². The quantitative estimate of drug-likeness (QED) is 0.612. The SMILES string of the molecule is O=C1NC(=O)[C@@H]2CCC=C[C@@H]2[C@@H]1[C@H](Nc1ccc(Cl)cc1)c1ccccc1. The van der Waals surface area contributed by atoms with Crippen molar-refractivity contribution in [3.05, 3.63) is 77.3 Å². The van der Waals surface area contributed by atoms with Gasteiger partial charge in [-0.3, -0.25) is 14.9 Å². The van der Waals surface area contributed by atoms with Crippen molar-refractivity contribution in [1.29, 1.82) is 0 Å². The summed E-state index contributed by atoms with van der Waals surface area (Å²) in [7, 11) is 0. The van der Waals surface area contributed by atoms with E-state index in [9.17, 15) is 9.59 Å². The molecule has 0 bridgehead atoms. The van der Waals surface area contributed by atoms with E-state index in [0.29, 0.717) is 5.02 Å². The Morgan fingerprint density at radius 2 is 1.74 bits per heavy atom. The minimum Gasteiger partial charge on any atom is -0.377 e. The van der Waals surface area contributed by atoms with E-state index in [0.717, 1.165) is 24.1 Å². The maximum atomic E-state index is 12.9. The number of hydrogen-bond acceptors (Lipinski definition) is 3. The summed E-state index contributed by atoms with van der Waals surface area (Å²) in [5, 5.41) is 6.77. The number of nitrogens with one attached hydrogen (secondary N) is 2. The van der Waals surface area contributed by atoms with Crippen molar-refractivity contribution >= 4 is 29.1 Å². The van der Waals surface area contributed by atoms with Crippen LogP contribution in [0.3, 0.4) is 0 Å². The summed E-state index contributed by atoms with van der Waals surface area (Å²) in [4.78, 5) is 25.2. The van der Waals surface area contributed by atoms with Crippen LogP contribution in [0.15, 0.2) is 66.7 Å². The largest absolute Gasteiger partial charge is 0.377 e. The number of rotatable bonds is 4. The van der Waals surface area contributed by atoms with E-state index >= 15 is 0 Å². The average Bonchev–Trinajstić information content (AvgIpc) is 2.69. The van der Waals surface area contributed by atoms with E-state index in [1.54, 1.807) is 0 Å². The number of fused-ring (bicyclic) bond motifs is 1. The Labute approximate surface area is 163 Å². The lowest BCUT2D eigenvalue weighted by Crippen LogP contribution is -2.54. The summed E-state index contributed by atoms with van der Waals surface area (Å²) in [6.07, 6.45) is 5.79. The molecule has 0 radical (unpaired) electrons. The van der Waals surface area contributed by atoms with Crippen LogP contribution in [0.4, 0.5) is 5.69 Å². The molecule has 0 aromatic heterocycles. The Kier molecular flexibility index (Phi) is 4.99. The lowest BCUT2D eigenvalue weighted by molar-refractivity contribution is -0.143. The third-order valence-electron chi connectivity index (χ3n) is 5.45. The monoisotopic (exact) mass is 380 g/mol. The van der Waals surface area contributed by atoms with E-state index in [1.165, 1.54) is 0 Å². The van der Waals surface area contributed by atoms with Crippen LogP contribution in [0.1, 0.15) is 24.4 Å². The first-order chi connectivity index (χ1) is 13.1. The third kappa shape index (κ3) is 3.62. The zero-order valence-corrected chi connectivity index (χ0v) is 15.5. The van der Waals surface area contributed by atoms with Crippen LogP contribution in [0.2, 0.25) is 5.02 Å². The van der Waals surface area contributed by atoms with Crippen molar-refractivity contribution in [1.82, 2.24) is 5.32 Å². The maximum Gasteiger partial charge on any atom is 0.232 e. The second-order valence-corrected chi connectivity index (χ2v) is 7.54.